The molecular weight excluding hydrogens is 379 g/mol. The highest BCUT2D eigenvalue weighted by Crippen LogP contribution is 2.29. The van der Waals surface area contributed by atoms with Gasteiger partial charge in [0.1, 0.15) is 5.69 Å². The van der Waals surface area contributed by atoms with Gasteiger partial charge in [-0.2, -0.15) is 10.2 Å². The summed E-state index contributed by atoms with van der Waals surface area (Å²) >= 11 is 12.0. The second kappa shape index (κ2) is 7.19. The summed E-state index contributed by atoms with van der Waals surface area (Å²) in [7, 11) is 3.14. The Bertz CT molecular complexity index is 995. The number of amides is 2. The van der Waals surface area contributed by atoms with Gasteiger partial charge < -0.3 is 10.6 Å². The van der Waals surface area contributed by atoms with Crippen LogP contribution in [0.1, 0.15) is 21.0 Å². The Morgan fingerprint density at radius 2 is 1.96 bits per heavy atom. The van der Waals surface area contributed by atoms with Gasteiger partial charge in [-0.05, 0) is 24.3 Å². The molecule has 3 rings (SSSR count). The maximum Gasteiger partial charge on any atom is 0.273 e. The van der Waals surface area contributed by atoms with Crippen molar-refractivity contribution in [2.45, 2.75) is 0 Å². The average molecular weight is 393 g/mol. The van der Waals surface area contributed by atoms with Crippen LogP contribution in [-0.2, 0) is 7.05 Å². The average Bonchev–Trinajstić information content (AvgIpc) is 3.21. The van der Waals surface area contributed by atoms with Gasteiger partial charge in [0.25, 0.3) is 11.8 Å². The largest absolute Gasteiger partial charge is 0.354 e. The molecule has 0 aliphatic rings. The smallest absolute Gasteiger partial charge is 0.273 e. The number of aromatic nitrogens is 4. The first-order chi connectivity index (χ1) is 12.4. The molecule has 0 spiro atoms. The topological polar surface area (TPSA) is 105 Å². The minimum Gasteiger partial charge on any atom is -0.354 e. The highest BCUT2D eigenvalue weighted by Gasteiger charge is 2.19. The van der Waals surface area contributed by atoms with E-state index in [4.69, 9.17) is 23.2 Å². The van der Waals surface area contributed by atoms with Crippen molar-refractivity contribution in [2.24, 2.45) is 7.05 Å². The Labute approximate surface area is 158 Å². The minimum atomic E-state index is -0.466. The van der Waals surface area contributed by atoms with E-state index in [1.54, 1.807) is 31.3 Å². The molecule has 0 radical (unpaired) electrons. The number of hydrogen-bond acceptors (Lipinski definition) is 4. The lowest BCUT2D eigenvalue weighted by Crippen LogP contribution is -2.21. The summed E-state index contributed by atoms with van der Waals surface area (Å²) < 4.78 is 1.44. The molecule has 3 N–H and O–H groups in total. The number of hydrogen-bond donors (Lipinski definition) is 3. The van der Waals surface area contributed by atoms with E-state index in [9.17, 15) is 9.59 Å². The molecule has 0 bridgehead atoms. The number of aryl methyl sites for hydroxylation is 1. The van der Waals surface area contributed by atoms with Crippen LogP contribution in [0.5, 0.6) is 0 Å². The minimum absolute atomic E-state index is 0.115. The molecule has 0 saturated heterocycles. The van der Waals surface area contributed by atoms with Crippen LogP contribution in [0.25, 0.3) is 11.3 Å². The number of rotatable bonds is 4. The molecule has 0 saturated carbocycles. The van der Waals surface area contributed by atoms with E-state index < -0.39 is 11.8 Å². The highest BCUT2D eigenvalue weighted by molar-refractivity contribution is 6.36. The standard InChI is InChI=1S/C16H14Cl2N6O2/c1-19-16(26)14-13(7-24(2)23-14)20-15(25)12-6-11(21-22-12)9-4-3-8(17)5-10(9)18/h3-7H,1-2H3,(H,19,26)(H,20,25)(H,21,22). The number of carbonyl (C=O) groups excluding carboxylic acids is 2. The molecule has 0 aliphatic carbocycles. The van der Waals surface area contributed by atoms with Crippen LogP contribution in [0.2, 0.25) is 10.0 Å². The lowest BCUT2D eigenvalue weighted by Gasteiger charge is -2.02. The van der Waals surface area contributed by atoms with Gasteiger partial charge in [-0.15, -0.1) is 0 Å². The second-order valence-electron chi connectivity index (χ2n) is 5.39. The van der Waals surface area contributed by atoms with Crippen molar-refractivity contribution in [3.05, 3.63) is 51.9 Å². The predicted octanol–water partition coefficient (Wildman–Crippen LogP) is 2.73. The summed E-state index contributed by atoms with van der Waals surface area (Å²) in [5, 5.41) is 16.8. The van der Waals surface area contributed by atoms with Crippen molar-refractivity contribution in [1.82, 2.24) is 25.3 Å². The van der Waals surface area contributed by atoms with Crippen LogP contribution in [0, 0.1) is 0 Å². The van der Waals surface area contributed by atoms with Crippen molar-refractivity contribution in [2.75, 3.05) is 12.4 Å². The molecule has 2 aromatic heterocycles. The Hall–Kier alpha value is -2.84. The molecular formula is C16H14Cl2N6O2. The van der Waals surface area contributed by atoms with E-state index in [-0.39, 0.29) is 17.1 Å². The zero-order chi connectivity index (χ0) is 18.8. The first-order valence-corrected chi connectivity index (χ1v) is 8.22. The van der Waals surface area contributed by atoms with Gasteiger partial charge in [-0.3, -0.25) is 19.4 Å². The molecule has 2 heterocycles. The monoisotopic (exact) mass is 392 g/mol. The first-order valence-electron chi connectivity index (χ1n) is 7.47. The molecule has 1 aromatic carbocycles. The van der Waals surface area contributed by atoms with Gasteiger partial charge in [-0.25, -0.2) is 0 Å². The number of halogens is 2. The molecule has 0 atom stereocenters. The zero-order valence-electron chi connectivity index (χ0n) is 13.8. The Morgan fingerprint density at radius 1 is 1.19 bits per heavy atom. The van der Waals surface area contributed by atoms with Gasteiger partial charge in [0.2, 0.25) is 0 Å². The number of H-pyrrole nitrogens is 1. The molecule has 10 heteroatoms. The van der Waals surface area contributed by atoms with E-state index in [1.807, 2.05) is 0 Å². The summed E-state index contributed by atoms with van der Waals surface area (Å²) in [6.45, 7) is 0. The quantitative estimate of drug-likeness (QED) is 0.634. The van der Waals surface area contributed by atoms with Crippen LogP contribution in [0.4, 0.5) is 5.69 Å². The number of benzene rings is 1. The van der Waals surface area contributed by atoms with E-state index in [1.165, 1.54) is 17.9 Å². The summed E-state index contributed by atoms with van der Waals surface area (Å²) in [6, 6.07) is 6.55. The fraction of sp³-hybridized carbons (Fsp3) is 0.125. The van der Waals surface area contributed by atoms with Gasteiger partial charge in [0.05, 0.1) is 16.4 Å². The number of anilines is 1. The van der Waals surface area contributed by atoms with Crippen molar-refractivity contribution >= 4 is 40.7 Å². The fourth-order valence-electron chi connectivity index (χ4n) is 2.33. The lowest BCUT2D eigenvalue weighted by molar-refractivity contribution is 0.0958. The predicted molar refractivity (Wildman–Crippen MR) is 98.6 cm³/mol. The summed E-state index contributed by atoms with van der Waals surface area (Å²) in [6.07, 6.45) is 1.54. The highest BCUT2D eigenvalue weighted by atomic mass is 35.5. The second-order valence-corrected chi connectivity index (χ2v) is 6.23. The molecule has 26 heavy (non-hydrogen) atoms. The Balaban J connectivity index is 1.84. The molecule has 2 amide bonds. The number of nitrogens with one attached hydrogen (secondary N) is 3. The number of nitrogens with zero attached hydrogens (tertiary/aromatic N) is 3. The van der Waals surface area contributed by atoms with Crippen LogP contribution in [-0.4, -0.2) is 38.8 Å². The van der Waals surface area contributed by atoms with Crippen molar-refractivity contribution in [3.63, 3.8) is 0 Å². The maximum absolute atomic E-state index is 12.5. The molecule has 8 nitrogen and oxygen atoms in total. The number of aromatic amines is 1. The van der Waals surface area contributed by atoms with E-state index in [2.05, 4.69) is 25.9 Å². The number of carbonyl (C=O) groups is 2. The van der Waals surface area contributed by atoms with Crippen molar-refractivity contribution < 1.29 is 9.59 Å². The normalized spacial score (nSPS) is 10.6. The van der Waals surface area contributed by atoms with E-state index in [0.29, 0.717) is 21.3 Å². The summed E-state index contributed by atoms with van der Waals surface area (Å²) in [5.41, 5.74) is 1.74. The zero-order valence-corrected chi connectivity index (χ0v) is 15.3. The summed E-state index contributed by atoms with van der Waals surface area (Å²) in [5.74, 6) is -0.869. The van der Waals surface area contributed by atoms with Gasteiger partial charge in [0.15, 0.2) is 5.69 Å². The van der Waals surface area contributed by atoms with Gasteiger partial charge in [-0.1, -0.05) is 23.2 Å². The Morgan fingerprint density at radius 3 is 2.65 bits per heavy atom. The third kappa shape index (κ3) is 3.56. The van der Waals surface area contributed by atoms with Crippen LogP contribution in [0.3, 0.4) is 0 Å². The van der Waals surface area contributed by atoms with Crippen molar-refractivity contribution in [1.29, 1.82) is 0 Å². The lowest BCUT2D eigenvalue weighted by atomic mass is 10.1. The fourth-order valence-corrected chi connectivity index (χ4v) is 2.83. The van der Waals surface area contributed by atoms with Crippen LogP contribution in [0.15, 0.2) is 30.5 Å². The van der Waals surface area contributed by atoms with E-state index >= 15 is 0 Å². The van der Waals surface area contributed by atoms with E-state index in [0.717, 1.165) is 0 Å². The molecule has 134 valence electrons. The summed E-state index contributed by atoms with van der Waals surface area (Å²) in [4.78, 5) is 24.3. The molecule has 0 unspecified atom stereocenters. The third-order valence-electron chi connectivity index (χ3n) is 3.55. The molecule has 0 fully saturated rings. The van der Waals surface area contributed by atoms with Crippen LogP contribution < -0.4 is 10.6 Å². The first kappa shape index (κ1) is 18.0. The molecule has 3 aromatic rings. The van der Waals surface area contributed by atoms with Gasteiger partial charge >= 0.3 is 0 Å². The van der Waals surface area contributed by atoms with Gasteiger partial charge in [0, 0.05) is 30.9 Å². The third-order valence-corrected chi connectivity index (χ3v) is 4.10. The maximum atomic E-state index is 12.5. The Kier molecular flexibility index (Phi) is 4.97. The molecule has 0 aliphatic heterocycles. The SMILES string of the molecule is CNC(=O)c1nn(C)cc1NC(=O)c1cc(-c2ccc(Cl)cc2Cl)n[nH]1. The van der Waals surface area contributed by atoms with Crippen molar-refractivity contribution in [3.8, 4) is 11.3 Å². The van der Waals surface area contributed by atoms with Crippen LogP contribution >= 0.6 is 23.2 Å².